The number of halogens is 2. The first-order valence-electron chi connectivity index (χ1n) is 6.41. The number of hydrogen-bond donors (Lipinski definition) is 2. The summed E-state index contributed by atoms with van der Waals surface area (Å²) in [6, 6.07) is 8.69. The Balaban J connectivity index is 2.46. The Bertz CT molecular complexity index is 479. The van der Waals surface area contributed by atoms with E-state index in [1.54, 1.807) is 30.3 Å². The zero-order valence-electron chi connectivity index (χ0n) is 11.5. The first kappa shape index (κ1) is 17.0. The van der Waals surface area contributed by atoms with E-state index >= 15 is 0 Å². The number of hydrogen-bond acceptors (Lipinski definition) is 4. The maximum Gasteiger partial charge on any atom is 0.379 e. The Labute approximate surface area is 120 Å². The number of ether oxygens (including phenoxy) is 1. The van der Waals surface area contributed by atoms with E-state index in [9.17, 15) is 23.5 Å². The van der Waals surface area contributed by atoms with Gasteiger partial charge in [-0.25, -0.2) is 4.79 Å². The third-order valence-electron chi connectivity index (χ3n) is 2.67. The van der Waals surface area contributed by atoms with Crippen LogP contribution in [0.5, 0.6) is 0 Å². The van der Waals surface area contributed by atoms with Crippen LogP contribution in [0.15, 0.2) is 30.3 Å². The summed E-state index contributed by atoms with van der Waals surface area (Å²) in [6.45, 7) is 0.418. The van der Waals surface area contributed by atoms with Gasteiger partial charge in [0, 0.05) is 0 Å². The molecule has 0 saturated carbocycles. The highest BCUT2D eigenvalue weighted by Gasteiger charge is 2.48. The molecule has 1 unspecified atom stereocenters. The second-order valence-corrected chi connectivity index (χ2v) is 4.33. The molecule has 1 aromatic carbocycles. The van der Waals surface area contributed by atoms with Gasteiger partial charge in [0.15, 0.2) is 0 Å². The summed E-state index contributed by atoms with van der Waals surface area (Å²) in [4.78, 5) is 22.6. The number of rotatable bonds is 7. The SMILES string of the molecule is CCOC(=O)C(F)(F)C(O)CNC(=O)Cc1ccccc1. The van der Waals surface area contributed by atoms with Crippen molar-refractivity contribution in [1.82, 2.24) is 5.32 Å². The fraction of sp³-hybridized carbons (Fsp3) is 0.429. The summed E-state index contributed by atoms with van der Waals surface area (Å²) in [5.41, 5.74) is 0.710. The Hall–Kier alpha value is -2.02. The molecule has 0 aliphatic carbocycles. The van der Waals surface area contributed by atoms with Gasteiger partial charge >= 0.3 is 11.9 Å². The highest BCUT2D eigenvalue weighted by molar-refractivity contribution is 5.80. The standard InChI is InChI=1S/C14H17F2NO4/c1-2-21-13(20)14(15,16)11(18)9-17-12(19)8-10-6-4-3-5-7-10/h3-7,11,18H,2,8-9H2,1H3,(H,17,19). The number of aliphatic hydroxyl groups is 1. The number of carbonyl (C=O) groups excluding carboxylic acids is 2. The minimum atomic E-state index is -4.06. The third kappa shape index (κ3) is 5.11. The van der Waals surface area contributed by atoms with Crippen LogP contribution in [0.3, 0.4) is 0 Å². The average molecular weight is 301 g/mol. The molecule has 7 heteroatoms. The molecule has 0 aromatic heterocycles. The molecule has 2 N–H and O–H groups in total. The van der Waals surface area contributed by atoms with Gasteiger partial charge in [0.2, 0.25) is 5.91 Å². The largest absolute Gasteiger partial charge is 0.461 e. The number of amides is 1. The Morgan fingerprint density at radius 1 is 1.33 bits per heavy atom. The zero-order valence-corrected chi connectivity index (χ0v) is 11.5. The van der Waals surface area contributed by atoms with Crippen LogP contribution in [0, 0.1) is 0 Å². The van der Waals surface area contributed by atoms with E-state index in [2.05, 4.69) is 10.1 Å². The molecule has 5 nitrogen and oxygen atoms in total. The van der Waals surface area contributed by atoms with Crippen LogP contribution in [0.2, 0.25) is 0 Å². The molecule has 0 aliphatic heterocycles. The highest BCUT2D eigenvalue weighted by Crippen LogP contribution is 2.20. The molecule has 1 atom stereocenters. The molecule has 21 heavy (non-hydrogen) atoms. The predicted molar refractivity (Wildman–Crippen MR) is 70.7 cm³/mol. The molecule has 0 fully saturated rings. The van der Waals surface area contributed by atoms with Gasteiger partial charge in [-0.3, -0.25) is 4.79 Å². The van der Waals surface area contributed by atoms with E-state index in [0.717, 1.165) is 0 Å². The van der Waals surface area contributed by atoms with Gasteiger partial charge in [0.25, 0.3) is 0 Å². The van der Waals surface area contributed by atoms with Gasteiger partial charge in [0.05, 0.1) is 19.6 Å². The highest BCUT2D eigenvalue weighted by atomic mass is 19.3. The molecule has 0 heterocycles. The molecule has 0 bridgehead atoms. The quantitative estimate of drug-likeness (QED) is 0.734. The lowest BCUT2D eigenvalue weighted by Gasteiger charge is -2.20. The van der Waals surface area contributed by atoms with Crippen LogP contribution < -0.4 is 5.32 Å². The average Bonchev–Trinajstić information content (AvgIpc) is 2.46. The number of nitrogens with one attached hydrogen (secondary N) is 1. The van der Waals surface area contributed by atoms with Crippen LogP contribution in [0.4, 0.5) is 8.78 Å². The maximum absolute atomic E-state index is 13.4. The third-order valence-corrected chi connectivity index (χ3v) is 2.67. The van der Waals surface area contributed by atoms with Crippen LogP contribution in [-0.2, 0) is 20.7 Å². The van der Waals surface area contributed by atoms with E-state index in [1.165, 1.54) is 6.92 Å². The summed E-state index contributed by atoms with van der Waals surface area (Å²) >= 11 is 0. The molecule has 0 saturated heterocycles. The summed E-state index contributed by atoms with van der Waals surface area (Å²) < 4.78 is 31.0. The van der Waals surface area contributed by atoms with Crippen molar-refractivity contribution in [1.29, 1.82) is 0 Å². The Morgan fingerprint density at radius 2 is 1.95 bits per heavy atom. The summed E-state index contributed by atoms with van der Waals surface area (Å²) in [5, 5.41) is 11.5. The van der Waals surface area contributed by atoms with E-state index in [1.807, 2.05) is 0 Å². The van der Waals surface area contributed by atoms with Gasteiger partial charge in [0.1, 0.15) is 6.10 Å². The monoisotopic (exact) mass is 301 g/mol. The topological polar surface area (TPSA) is 75.6 Å². The molecule has 0 spiro atoms. The fourth-order valence-corrected chi connectivity index (χ4v) is 1.55. The van der Waals surface area contributed by atoms with Crippen molar-refractivity contribution < 1.29 is 28.2 Å². The van der Waals surface area contributed by atoms with E-state index in [4.69, 9.17) is 0 Å². The molecular formula is C14H17F2NO4. The molecule has 0 radical (unpaired) electrons. The van der Waals surface area contributed by atoms with Gasteiger partial charge in [-0.2, -0.15) is 8.78 Å². The van der Waals surface area contributed by atoms with Crippen molar-refractivity contribution in [2.45, 2.75) is 25.4 Å². The maximum atomic E-state index is 13.4. The van der Waals surface area contributed by atoms with Crippen molar-refractivity contribution >= 4 is 11.9 Å². The smallest absolute Gasteiger partial charge is 0.379 e. The van der Waals surface area contributed by atoms with Crippen molar-refractivity contribution in [3.63, 3.8) is 0 Å². The van der Waals surface area contributed by atoms with Crippen molar-refractivity contribution in [3.05, 3.63) is 35.9 Å². The van der Waals surface area contributed by atoms with Crippen molar-refractivity contribution in [2.24, 2.45) is 0 Å². The molecule has 1 rings (SSSR count). The van der Waals surface area contributed by atoms with Gasteiger partial charge in [-0.05, 0) is 12.5 Å². The summed E-state index contributed by atoms with van der Waals surface area (Å²) in [5.74, 6) is -6.40. The first-order chi connectivity index (χ1) is 9.87. The molecule has 1 amide bonds. The summed E-state index contributed by atoms with van der Waals surface area (Å²) in [6.07, 6.45) is -2.34. The number of benzene rings is 1. The van der Waals surface area contributed by atoms with Gasteiger partial charge in [-0.15, -0.1) is 0 Å². The van der Waals surface area contributed by atoms with Crippen molar-refractivity contribution in [3.8, 4) is 0 Å². The lowest BCUT2D eigenvalue weighted by molar-refractivity contribution is -0.187. The fourth-order valence-electron chi connectivity index (χ4n) is 1.55. The minimum absolute atomic E-state index is 0.00145. The lowest BCUT2D eigenvalue weighted by Crippen LogP contribution is -2.48. The Morgan fingerprint density at radius 3 is 2.52 bits per heavy atom. The van der Waals surface area contributed by atoms with E-state index in [-0.39, 0.29) is 13.0 Å². The Kier molecular flexibility index (Phi) is 6.23. The number of alkyl halides is 2. The molecule has 0 aliphatic rings. The number of aliphatic hydroxyl groups excluding tert-OH is 1. The zero-order chi connectivity index (χ0) is 15.9. The predicted octanol–water partition coefficient (Wildman–Crippen LogP) is 0.905. The normalized spacial score (nSPS) is 12.6. The summed E-state index contributed by atoms with van der Waals surface area (Å²) in [7, 11) is 0. The van der Waals surface area contributed by atoms with E-state index < -0.39 is 30.4 Å². The first-order valence-corrected chi connectivity index (χ1v) is 6.41. The van der Waals surface area contributed by atoms with Gasteiger partial charge in [-0.1, -0.05) is 30.3 Å². The van der Waals surface area contributed by atoms with Gasteiger partial charge < -0.3 is 15.2 Å². The molecular weight excluding hydrogens is 284 g/mol. The second-order valence-electron chi connectivity index (χ2n) is 4.33. The molecule has 116 valence electrons. The second kappa shape index (κ2) is 7.68. The van der Waals surface area contributed by atoms with Crippen LogP contribution in [0.25, 0.3) is 0 Å². The molecule has 1 aromatic rings. The van der Waals surface area contributed by atoms with E-state index in [0.29, 0.717) is 5.56 Å². The lowest BCUT2D eigenvalue weighted by atomic mass is 10.1. The number of carbonyl (C=O) groups is 2. The minimum Gasteiger partial charge on any atom is -0.461 e. The number of esters is 1. The van der Waals surface area contributed by atoms with Crippen LogP contribution in [-0.4, -0.2) is 42.2 Å². The van der Waals surface area contributed by atoms with Crippen molar-refractivity contribution in [2.75, 3.05) is 13.2 Å². The van der Waals surface area contributed by atoms with Crippen LogP contribution >= 0.6 is 0 Å². The van der Waals surface area contributed by atoms with Crippen LogP contribution in [0.1, 0.15) is 12.5 Å².